The summed E-state index contributed by atoms with van der Waals surface area (Å²) < 4.78 is 0. The quantitative estimate of drug-likeness (QED) is 0.523. The number of hydrogen-bond donors (Lipinski definition) is 2. The third-order valence-electron chi connectivity index (χ3n) is 3.75. The largest absolute Gasteiger partial charge is 0.390 e. The van der Waals surface area contributed by atoms with Crippen molar-refractivity contribution in [2.45, 2.75) is 91.3 Å². The van der Waals surface area contributed by atoms with Gasteiger partial charge in [-0.05, 0) is 51.9 Å². The third kappa shape index (κ3) is 19.4. The van der Waals surface area contributed by atoms with E-state index in [4.69, 9.17) is 0 Å². The SMILES string of the molecule is C=CC(C)(O)CCCC(C)C.C=CC(C)CCCC(C)(C)O. The number of rotatable bonds is 10. The molecule has 2 nitrogen and oxygen atoms in total. The Morgan fingerprint density at radius 3 is 1.77 bits per heavy atom. The standard InChI is InChI=1S/2C10H20O/c1-5-9(2)7-6-8-10(3,4)11;1-5-10(4,11)8-6-7-9(2)3/h2*5,9,11H,1,6-8H2,2-4H3. The summed E-state index contributed by atoms with van der Waals surface area (Å²) in [4.78, 5) is 0. The van der Waals surface area contributed by atoms with Gasteiger partial charge in [-0.1, -0.05) is 52.2 Å². The van der Waals surface area contributed by atoms with Crippen LogP contribution < -0.4 is 0 Å². The maximum atomic E-state index is 9.52. The Labute approximate surface area is 139 Å². The molecule has 0 aliphatic heterocycles. The van der Waals surface area contributed by atoms with Gasteiger partial charge in [-0.3, -0.25) is 0 Å². The molecular weight excluding hydrogens is 272 g/mol. The zero-order chi connectivity index (χ0) is 17.8. The minimum atomic E-state index is -0.658. The number of allylic oxidation sites excluding steroid dienone is 1. The lowest BCUT2D eigenvalue weighted by Crippen LogP contribution is -2.19. The first kappa shape index (κ1) is 23.7. The van der Waals surface area contributed by atoms with Crippen molar-refractivity contribution in [1.29, 1.82) is 0 Å². The van der Waals surface area contributed by atoms with E-state index >= 15 is 0 Å². The second-order valence-corrected chi connectivity index (χ2v) is 7.77. The molecule has 0 radical (unpaired) electrons. The monoisotopic (exact) mass is 312 g/mol. The van der Waals surface area contributed by atoms with Crippen molar-refractivity contribution >= 4 is 0 Å². The van der Waals surface area contributed by atoms with Gasteiger partial charge in [0.25, 0.3) is 0 Å². The minimum absolute atomic E-state index is 0.499. The Kier molecular flexibility index (Phi) is 12.8. The first-order chi connectivity index (χ1) is 9.93. The molecule has 2 unspecified atom stereocenters. The molecule has 2 N–H and O–H groups in total. The molecule has 0 saturated heterocycles. The fraction of sp³-hybridized carbons (Fsp3) is 0.800. The first-order valence-corrected chi connectivity index (χ1v) is 8.64. The molecule has 0 amide bonds. The van der Waals surface area contributed by atoms with Crippen LogP contribution in [-0.4, -0.2) is 21.4 Å². The van der Waals surface area contributed by atoms with E-state index in [1.807, 2.05) is 19.9 Å². The van der Waals surface area contributed by atoms with Crippen LogP contribution in [0.4, 0.5) is 0 Å². The van der Waals surface area contributed by atoms with E-state index in [2.05, 4.69) is 33.9 Å². The molecule has 0 aromatic heterocycles. The minimum Gasteiger partial charge on any atom is -0.390 e. The highest BCUT2D eigenvalue weighted by Gasteiger charge is 2.14. The summed E-state index contributed by atoms with van der Waals surface area (Å²) in [7, 11) is 0. The molecule has 0 aromatic rings. The Morgan fingerprint density at radius 2 is 1.41 bits per heavy atom. The van der Waals surface area contributed by atoms with Crippen LogP contribution in [0.5, 0.6) is 0 Å². The third-order valence-corrected chi connectivity index (χ3v) is 3.75. The average molecular weight is 313 g/mol. The predicted octanol–water partition coefficient (Wildman–Crippen LogP) is 5.50. The lowest BCUT2D eigenvalue weighted by atomic mass is 9.96. The molecule has 0 aromatic carbocycles. The van der Waals surface area contributed by atoms with Gasteiger partial charge in [-0.2, -0.15) is 0 Å². The molecule has 2 heteroatoms. The molecule has 132 valence electrons. The zero-order valence-electron chi connectivity index (χ0n) is 15.9. The molecule has 22 heavy (non-hydrogen) atoms. The van der Waals surface area contributed by atoms with Crippen molar-refractivity contribution in [3.05, 3.63) is 25.3 Å². The summed E-state index contributed by atoms with van der Waals surface area (Å²) in [5, 5.41) is 18.9. The van der Waals surface area contributed by atoms with Gasteiger partial charge >= 0.3 is 0 Å². The Balaban J connectivity index is 0. The highest BCUT2D eigenvalue weighted by atomic mass is 16.3. The molecule has 0 aliphatic rings. The Hall–Kier alpha value is -0.600. The van der Waals surface area contributed by atoms with Gasteiger partial charge in [0, 0.05) is 0 Å². The molecule has 0 saturated carbocycles. The molecule has 0 spiro atoms. The summed E-state index contributed by atoms with van der Waals surface area (Å²) in [6.07, 6.45) is 9.77. The molecular formula is C20H40O2. The lowest BCUT2D eigenvalue weighted by Gasteiger charge is -2.18. The van der Waals surface area contributed by atoms with Gasteiger partial charge in [0.15, 0.2) is 0 Å². The van der Waals surface area contributed by atoms with Crippen molar-refractivity contribution in [3.63, 3.8) is 0 Å². The summed E-state index contributed by atoms with van der Waals surface area (Å²) in [6.45, 7) is 19.3. The van der Waals surface area contributed by atoms with Crippen LogP contribution in [0.15, 0.2) is 25.3 Å². The second kappa shape index (κ2) is 11.9. The van der Waals surface area contributed by atoms with Crippen molar-refractivity contribution in [2.24, 2.45) is 11.8 Å². The molecule has 0 aliphatic carbocycles. The summed E-state index contributed by atoms with van der Waals surface area (Å²) in [5.74, 6) is 1.31. The molecule has 0 bridgehead atoms. The highest BCUT2D eigenvalue weighted by Crippen LogP contribution is 2.17. The molecule has 0 fully saturated rings. The maximum Gasteiger partial charge on any atom is 0.0797 e. The van der Waals surface area contributed by atoms with Gasteiger partial charge in [-0.25, -0.2) is 0 Å². The van der Waals surface area contributed by atoms with Crippen LogP contribution in [0.2, 0.25) is 0 Å². The average Bonchev–Trinajstić information content (AvgIpc) is 2.37. The Morgan fingerprint density at radius 1 is 0.909 bits per heavy atom. The highest BCUT2D eigenvalue weighted by molar-refractivity contribution is 4.91. The van der Waals surface area contributed by atoms with E-state index in [9.17, 15) is 10.2 Å². The molecule has 0 rings (SSSR count). The van der Waals surface area contributed by atoms with E-state index in [0.717, 1.165) is 38.0 Å². The lowest BCUT2D eigenvalue weighted by molar-refractivity contribution is 0.0675. The van der Waals surface area contributed by atoms with E-state index in [0.29, 0.717) is 5.92 Å². The first-order valence-electron chi connectivity index (χ1n) is 8.64. The zero-order valence-corrected chi connectivity index (χ0v) is 15.9. The van der Waals surface area contributed by atoms with Crippen LogP contribution in [0.3, 0.4) is 0 Å². The van der Waals surface area contributed by atoms with Crippen LogP contribution >= 0.6 is 0 Å². The van der Waals surface area contributed by atoms with E-state index in [-0.39, 0.29) is 0 Å². The van der Waals surface area contributed by atoms with Gasteiger partial charge in [0.1, 0.15) is 0 Å². The van der Waals surface area contributed by atoms with Gasteiger partial charge in [-0.15, -0.1) is 13.2 Å². The molecule has 2 atom stereocenters. The Bertz CT molecular complexity index is 285. The van der Waals surface area contributed by atoms with E-state index in [1.165, 1.54) is 6.42 Å². The van der Waals surface area contributed by atoms with E-state index < -0.39 is 11.2 Å². The summed E-state index contributed by atoms with van der Waals surface area (Å²) >= 11 is 0. The van der Waals surface area contributed by atoms with Gasteiger partial charge in [0.05, 0.1) is 11.2 Å². The maximum absolute atomic E-state index is 9.52. The van der Waals surface area contributed by atoms with Crippen LogP contribution in [0.1, 0.15) is 80.1 Å². The van der Waals surface area contributed by atoms with Crippen molar-refractivity contribution < 1.29 is 10.2 Å². The predicted molar refractivity (Wildman–Crippen MR) is 99.0 cm³/mol. The van der Waals surface area contributed by atoms with Crippen molar-refractivity contribution in [2.75, 3.05) is 0 Å². The van der Waals surface area contributed by atoms with Crippen molar-refractivity contribution in [1.82, 2.24) is 0 Å². The fourth-order valence-corrected chi connectivity index (χ4v) is 1.94. The smallest absolute Gasteiger partial charge is 0.0797 e. The van der Waals surface area contributed by atoms with Gasteiger partial charge < -0.3 is 10.2 Å². The fourth-order valence-electron chi connectivity index (χ4n) is 1.94. The van der Waals surface area contributed by atoms with Crippen LogP contribution in [-0.2, 0) is 0 Å². The number of hydrogen-bond acceptors (Lipinski definition) is 2. The summed E-state index contributed by atoms with van der Waals surface area (Å²) in [6, 6.07) is 0. The van der Waals surface area contributed by atoms with E-state index in [1.54, 1.807) is 13.0 Å². The normalized spacial score (nSPS) is 15.5. The van der Waals surface area contributed by atoms with Crippen LogP contribution in [0.25, 0.3) is 0 Å². The number of aliphatic hydroxyl groups is 2. The van der Waals surface area contributed by atoms with Crippen LogP contribution in [0, 0.1) is 11.8 Å². The summed E-state index contributed by atoms with van der Waals surface area (Å²) in [5.41, 5.74) is -1.16. The molecule has 0 heterocycles. The second-order valence-electron chi connectivity index (χ2n) is 7.77. The van der Waals surface area contributed by atoms with Crippen molar-refractivity contribution in [3.8, 4) is 0 Å². The van der Waals surface area contributed by atoms with Gasteiger partial charge in [0.2, 0.25) is 0 Å². The topological polar surface area (TPSA) is 40.5 Å².